The minimum Gasteiger partial charge on any atom is -0.778 e. The molecule has 16 nitrogen and oxygen atoms in total. The van der Waals surface area contributed by atoms with Gasteiger partial charge in [0.2, 0.25) is 0 Å². The average Bonchev–Trinajstić information content (AvgIpc) is 2.95. The minimum atomic E-state index is -4.35. The number of nitrogens with one attached hydrogen (secondary N) is 2. The highest BCUT2D eigenvalue weighted by Gasteiger charge is 2.36. The number of nitro benzene ring substituents is 1. The van der Waals surface area contributed by atoms with Crippen molar-refractivity contribution in [1.29, 1.82) is 0 Å². The van der Waals surface area contributed by atoms with Crippen molar-refractivity contribution < 1.29 is 47.1 Å². The lowest BCUT2D eigenvalue weighted by atomic mass is 10.1. The highest BCUT2D eigenvalue weighted by atomic mass is 35.5. The van der Waals surface area contributed by atoms with Gasteiger partial charge in [0, 0.05) is 12.1 Å². The fourth-order valence-electron chi connectivity index (χ4n) is 3.41. The number of carbonyl (C=O) groups is 2. The fourth-order valence-corrected chi connectivity index (χ4v) is 5.43. The van der Waals surface area contributed by atoms with Crippen LogP contribution in [0.25, 0.3) is 0 Å². The second-order valence-electron chi connectivity index (χ2n) is 10.2. The summed E-state index contributed by atoms with van der Waals surface area (Å²) in [7, 11) is -7.46. The Morgan fingerprint density at radius 2 is 1.67 bits per heavy atom. The SMILES string of the molecule is CC(C)N1C(=O)c2ccccc2NS1(=O)=O.C[S+](C)C.Nc1c([N+](=O)[O-])ccc(Oc2ccccc2)c1Cl.O=C(O)CNCP(=O)([O-])O. The van der Waals surface area contributed by atoms with Crippen molar-refractivity contribution in [3.05, 3.63) is 87.4 Å². The smallest absolute Gasteiger partial charge is 0.326 e. The standard InChI is InChI=1S/C12H9ClN2O3.C10H12N2O3S.C3H8NO5P.C3H9S/c13-11-10(18-8-4-2-1-3-5-8)7-6-9(12(11)14)15(16)17;1-7(2)12-10(13)8-5-3-4-6-9(8)11-16(12,14)15;5-3(6)1-4-2-10(7,8)9;1-4(2)3/h1-7H,14H2;3-7,11H,1-2H3;4H,1-2H2,(H,5,6)(H2,7,8,9);1-3H3/q;;;+1/p-1. The van der Waals surface area contributed by atoms with Crippen molar-refractivity contribution in [3.63, 3.8) is 0 Å². The second kappa shape index (κ2) is 19.2. The lowest BCUT2D eigenvalue weighted by molar-refractivity contribution is -0.383. The van der Waals surface area contributed by atoms with Crippen LogP contribution in [-0.2, 0) is 30.5 Å². The second-order valence-corrected chi connectivity index (χ2v) is 16.1. The highest BCUT2D eigenvalue weighted by Crippen LogP contribution is 2.38. The third kappa shape index (κ3) is 14.5. The maximum absolute atomic E-state index is 12.0. The first-order chi connectivity index (χ1) is 22.2. The number of hydrogen-bond acceptors (Lipinski definition) is 11. The Kier molecular flexibility index (Phi) is 16.8. The van der Waals surface area contributed by atoms with Gasteiger partial charge in [-0.05, 0) is 55.1 Å². The fraction of sp³-hybridized carbons (Fsp3) is 0.286. The van der Waals surface area contributed by atoms with Crippen LogP contribution in [-0.4, -0.2) is 77.2 Å². The molecule has 48 heavy (non-hydrogen) atoms. The molecule has 1 atom stereocenters. The molecule has 1 amide bonds. The van der Waals surface area contributed by atoms with Crippen molar-refractivity contribution in [2.45, 2.75) is 19.9 Å². The summed E-state index contributed by atoms with van der Waals surface area (Å²) in [4.78, 5) is 49.8. The van der Waals surface area contributed by atoms with Crippen LogP contribution in [0.15, 0.2) is 66.7 Å². The zero-order chi connectivity index (χ0) is 36.8. The van der Waals surface area contributed by atoms with Crippen molar-refractivity contribution in [3.8, 4) is 11.5 Å². The van der Waals surface area contributed by atoms with Crippen molar-refractivity contribution >= 4 is 69.2 Å². The number of aliphatic carboxylic acids is 1. The topological polar surface area (TPSA) is 255 Å². The summed E-state index contributed by atoms with van der Waals surface area (Å²) < 4.78 is 42.2. The van der Waals surface area contributed by atoms with Crippen LogP contribution >= 0.6 is 19.2 Å². The first-order valence-electron chi connectivity index (χ1n) is 13.5. The molecule has 4 rings (SSSR count). The quantitative estimate of drug-likeness (QED) is 0.0728. The van der Waals surface area contributed by atoms with Gasteiger partial charge in [-0.25, -0.2) is 4.31 Å². The molecule has 0 saturated heterocycles. The molecule has 6 N–H and O–H groups in total. The van der Waals surface area contributed by atoms with E-state index in [-0.39, 0.29) is 22.1 Å². The van der Waals surface area contributed by atoms with Crippen molar-refractivity contribution in [2.24, 2.45) is 0 Å². The number of nitro groups is 1. The normalized spacial score (nSPS) is 14.0. The number of halogens is 1. The Labute approximate surface area is 286 Å². The largest absolute Gasteiger partial charge is 0.778 e. The summed E-state index contributed by atoms with van der Waals surface area (Å²) in [5, 5.41) is 20.7. The lowest BCUT2D eigenvalue weighted by Gasteiger charge is -2.31. The molecular formula is C28H37ClN5O11PS2. The number of carboxylic acids is 1. The van der Waals surface area contributed by atoms with Gasteiger partial charge in [0.25, 0.3) is 11.6 Å². The number of nitrogen functional groups attached to an aromatic ring is 1. The summed E-state index contributed by atoms with van der Waals surface area (Å²) in [5.41, 5.74) is 5.96. The number of nitrogens with two attached hydrogens (primary N) is 1. The first-order valence-corrected chi connectivity index (χ1v) is 19.6. The first kappa shape index (κ1) is 42.1. The van der Waals surface area contributed by atoms with Crippen molar-refractivity contribution in [2.75, 3.05) is 42.1 Å². The maximum Gasteiger partial charge on any atom is 0.326 e. The van der Waals surface area contributed by atoms with E-state index >= 15 is 0 Å². The molecule has 0 saturated carbocycles. The summed E-state index contributed by atoms with van der Waals surface area (Å²) in [5.74, 6) is -0.795. The van der Waals surface area contributed by atoms with E-state index in [1.54, 1.807) is 62.4 Å². The van der Waals surface area contributed by atoms with Crippen LogP contribution in [0.5, 0.6) is 11.5 Å². The van der Waals surface area contributed by atoms with Crippen LogP contribution < -0.4 is 25.4 Å². The molecule has 0 spiro atoms. The molecule has 0 aromatic heterocycles. The average molecular weight is 750 g/mol. The van der Waals surface area contributed by atoms with E-state index in [9.17, 15) is 37.6 Å². The van der Waals surface area contributed by atoms with Crippen LogP contribution in [0.4, 0.5) is 17.1 Å². The summed E-state index contributed by atoms with van der Waals surface area (Å²) >= 11 is 5.94. The molecular weight excluding hydrogens is 713 g/mol. The zero-order valence-corrected chi connectivity index (χ0v) is 29.8. The molecule has 264 valence electrons. The lowest BCUT2D eigenvalue weighted by Crippen LogP contribution is -2.48. The number of carboxylic acid groups (broad SMARTS) is 1. The number of para-hydroxylation sites is 2. The van der Waals surface area contributed by atoms with Gasteiger partial charge in [-0.2, -0.15) is 8.42 Å². The molecule has 1 aliphatic heterocycles. The molecule has 0 bridgehead atoms. The van der Waals surface area contributed by atoms with Crippen molar-refractivity contribution in [1.82, 2.24) is 9.62 Å². The zero-order valence-electron chi connectivity index (χ0n) is 26.5. The molecule has 0 radical (unpaired) electrons. The Morgan fingerprint density at radius 1 is 1.12 bits per heavy atom. The number of nitrogens with zero attached hydrogens (tertiary/aromatic N) is 2. The van der Waals surface area contributed by atoms with E-state index < -0.39 is 53.5 Å². The predicted octanol–water partition coefficient (Wildman–Crippen LogP) is 3.49. The predicted molar refractivity (Wildman–Crippen MR) is 185 cm³/mol. The van der Waals surface area contributed by atoms with Gasteiger partial charge in [-0.3, -0.25) is 29.7 Å². The molecule has 0 fully saturated rings. The maximum atomic E-state index is 12.0. The Morgan fingerprint density at radius 3 is 2.17 bits per heavy atom. The molecule has 3 aromatic carbocycles. The summed E-state index contributed by atoms with van der Waals surface area (Å²) in [6.45, 7) is 2.84. The van der Waals surface area contributed by atoms with E-state index in [4.69, 9.17) is 32.1 Å². The number of anilines is 2. The molecule has 1 unspecified atom stereocenters. The van der Waals surface area contributed by atoms with Gasteiger partial charge in [-0.1, -0.05) is 41.9 Å². The van der Waals surface area contributed by atoms with Crippen LogP contribution in [0.3, 0.4) is 0 Å². The number of amides is 1. The van der Waals surface area contributed by atoms with Gasteiger partial charge >= 0.3 is 16.2 Å². The number of rotatable bonds is 8. The Balaban J connectivity index is 0.000000353. The molecule has 20 heteroatoms. The number of ether oxygens (including phenoxy) is 1. The number of carbonyl (C=O) groups excluding carboxylic acids is 1. The van der Waals surface area contributed by atoms with Gasteiger partial charge in [0.05, 0.1) is 47.8 Å². The van der Waals surface area contributed by atoms with Crippen LogP contribution in [0.1, 0.15) is 24.2 Å². The number of hydrogen-bond donors (Lipinski definition) is 5. The molecule has 1 heterocycles. The number of fused-ring (bicyclic) bond motifs is 1. The highest BCUT2D eigenvalue weighted by molar-refractivity contribution is 7.94. The third-order valence-corrected chi connectivity index (χ3v) is 7.80. The van der Waals surface area contributed by atoms with Gasteiger partial charge in [-0.15, -0.1) is 0 Å². The minimum absolute atomic E-state index is 0.0352. The van der Waals surface area contributed by atoms with E-state index in [2.05, 4.69) is 23.5 Å². The molecule has 3 aromatic rings. The van der Waals surface area contributed by atoms with Crippen LogP contribution in [0, 0.1) is 10.1 Å². The van der Waals surface area contributed by atoms with Gasteiger partial charge < -0.3 is 29.9 Å². The molecule has 1 aliphatic rings. The summed E-state index contributed by atoms with van der Waals surface area (Å²) in [6.07, 6.45) is 5.87. The summed E-state index contributed by atoms with van der Waals surface area (Å²) in [6, 6.07) is 17.8. The van der Waals surface area contributed by atoms with Gasteiger partial charge in [0.15, 0.2) is 0 Å². The van der Waals surface area contributed by atoms with Crippen LogP contribution in [0.2, 0.25) is 5.02 Å². The Hall–Kier alpha value is -3.90. The molecule has 0 aliphatic carbocycles. The number of benzene rings is 3. The van der Waals surface area contributed by atoms with E-state index in [1.807, 2.05) is 11.4 Å². The van der Waals surface area contributed by atoms with E-state index in [0.717, 1.165) is 4.31 Å². The van der Waals surface area contributed by atoms with Gasteiger partial charge in [0.1, 0.15) is 29.8 Å². The third-order valence-electron chi connectivity index (χ3n) is 5.20. The monoisotopic (exact) mass is 749 g/mol. The van der Waals surface area contributed by atoms with E-state index in [1.165, 1.54) is 12.1 Å². The Bertz CT molecular complexity index is 1710. The van der Waals surface area contributed by atoms with E-state index in [0.29, 0.717) is 27.9 Å².